The Balaban J connectivity index is -0.000000214. The molecule has 1 aromatic rings. The summed E-state index contributed by atoms with van der Waals surface area (Å²) < 4.78 is 12.4. The fraction of sp³-hybridized carbons (Fsp3) is 0.333. The fourth-order valence-corrected chi connectivity index (χ4v) is 0.496. The van der Waals surface area contributed by atoms with Crippen LogP contribution in [0.2, 0.25) is 0 Å². The molecule has 7 heteroatoms. The highest BCUT2D eigenvalue weighted by Gasteiger charge is 1.96. The van der Waals surface area contributed by atoms with Gasteiger partial charge >= 0.3 is 5.97 Å². The number of pyridine rings is 1. The molecule has 0 unspecified atom stereocenters. The van der Waals surface area contributed by atoms with Crippen molar-refractivity contribution in [1.29, 1.82) is 0 Å². The first-order valence-electron chi connectivity index (χ1n) is 4.00. The number of aromatic hydroxyl groups is 1. The molecule has 0 aromatic carbocycles. The second-order valence-electron chi connectivity index (χ2n) is 2.51. The smallest absolute Gasteiger partial charge is 0.303 e. The van der Waals surface area contributed by atoms with Gasteiger partial charge in [-0.05, 0) is 6.92 Å². The standard InChI is InChI=1S/C6H6FNO.C3H6O2.2ClH/c1-4-6(7)2-5(9)3-8-4;1-2-3(4)5;;/h2-3,9H,1H3;2H2,1H3,(H,4,5);2*1H. The van der Waals surface area contributed by atoms with E-state index in [-0.39, 0.29) is 37.0 Å². The molecule has 94 valence electrons. The molecule has 0 aliphatic carbocycles. The molecule has 1 aromatic heterocycles. The van der Waals surface area contributed by atoms with Crippen LogP contribution in [0.25, 0.3) is 0 Å². The van der Waals surface area contributed by atoms with Crippen molar-refractivity contribution in [3.63, 3.8) is 0 Å². The fourth-order valence-electron chi connectivity index (χ4n) is 0.496. The Morgan fingerprint density at radius 1 is 1.50 bits per heavy atom. The minimum atomic E-state index is -0.745. The maximum absolute atomic E-state index is 12.4. The molecule has 0 aliphatic heterocycles. The van der Waals surface area contributed by atoms with E-state index >= 15 is 0 Å². The van der Waals surface area contributed by atoms with E-state index in [0.717, 1.165) is 6.07 Å². The largest absolute Gasteiger partial charge is 0.506 e. The molecular formula is C9H14Cl2FNO3. The first-order chi connectivity index (χ1) is 6.47. The van der Waals surface area contributed by atoms with E-state index in [1.54, 1.807) is 6.92 Å². The molecule has 2 N–H and O–H groups in total. The summed E-state index contributed by atoms with van der Waals surface area (Å²) in [5.41, 5.74) is 0.299. The van der Waals surface area contributed by atoms with Crippen LogP contribution in [0, 0.1) is 12.7 Å². The lowest BCUT2D eigenvalue weighted by molar-refractivity contribution is -0.136. The lowest BCUT2D eigenvalue weighted by Gasteiger charge is -1.93. The number of hydrogen-bond donors (Lipinski definition) is 2. The average molecular weight is 274 g/mol. The second kappa shape index (κ2) is 10.4. The van der Waals surface area contributed by atoms with Crippen molar-refractivity contribution in [3.05, 3.63) is 23.8 Å². The zero-order valence-electron chi connectivity index (χ0n) is 8.81. The molecule has 1 heterocycles. The summed E-state index contributed by atoms with van der Waals surface area (Å²) in [4.78, 5) is 12.9. The summed E-state index contributed by atoms with van der Waals surface area (Å²) in [6, 6.07) is 1.03. The van der Waals surface area contributed by atoms with E-state index in [1.165, 1.54) is 13.1 Å². The van der Waals surface area contributed by atoms with E-state index in [0.29, 0.717) is 5.69 Å². The molecule has 4 nitrogen and oxygen atoms in total. The van der Waals surface area contributed by atoms with Gasteiger partial charge in [-0.15, -0.1) is 24.8 Å². The predicted molar refractivity (Wildman–Crippen MR) is 63.0 cm³/mol. The lowest BCUT2D eigenvalue weighted by Crippen LogP contribution is -1.86. The minimum Gasteiger partial charge on any atom is -0.506 e. The number of aryl methyl sites for hydroxylation is 1. The van der Waals surface area contributed by atoms with Gasteiger partial charge in [0.1, 0.15) is 11.6 Å². The third-order valence-electron chi connectivity index (χ3n) is 1.31. The molecule has 0 atom stereocenters. The molecule has 0 aliphatic rings. The van der Waals surface area contributed by atoms with Crippen LogP contribution in [-0.2, 0) is 4.79 Å². The molecular weight excluding hydrogens is 260 g/mol. The van der Waals surface area contributed by atoms with Crippen LogP contribution in [0.3, 0.4) is 0 Å². The van der Waals surface area contributed by atoms with E-state index < -0.39 is 11.8 Å². The normalized spacial score (nSPS) is 7.69. The third-order valence-corrected chi connectivity index (χ3v) is 1.31. The Kier molecular flexibility index (Phi) is 13.3. The molecule has 16 heavy (non-hydrogen) atoms. The van der Waals surface area contributed by atoms with Gasteiger partial charge in [-0.2, -0.15) is 0 Å². The molecule has 0 fully saturated rings. The Labute approximate surface area is 105 Å². The number of nitrogens with zero attached hydrogens (tertiary/aromatic N) is 1. The van der Waals surface area contributed by atoms with Crippen molar-refractivity contribution in [1.82, 2.24) is 4.98 Å². The summed E-state index contributed by atoms with van der Waals surface area (Å²) in [6.45, 7) is 3.14. The van der Waals surface area contributed by atoms with Crippen molar-refractivity contribution in [2.45, 2.75) is 20.3 Å². The van der Waals surface area contributed by atoms with Gasteiger partial charge in [0.25, 0.3) is 0 Å². The zero-order valence-corrected chi connectivity index (χ0v) is 10.4. The van der Waals surface area contributed by atoms with Crippen molar-refractivity contribution in [3.8, 4) is 5.75 Å². The van der Waals surface area contributed by atoms with Crippen LogP contribution in [0.5, 0.6) is 5.75 Å². The first-order valence-corrected chi connectivity index (χ1v) is 4.00. The van der Waals surface area contributed by atoms with Gasteiger partial charge in [-0.25, -0.2) is 4.39 Å². The van der Waals surface area contributed by atoms with Gasteiger partial charge < -0.3 is 10.2 Å². The molecule has 0 saturated heterocycles. The SMILES string of the molecule is CCC(=O)O.Cc1ncc(O)cc1F.Cl.Cl. The Morgan fingerprint density at radius 2 is 1.94 bits per heavy atom. The molecule has 0 radical (unpaired) electrons. The Bertz CT molecular complexity index is 324. The Morgan fingerprint density at radius 3 is 2.19 bits per heavy atom. The lowest BCUT2D eigenvalue weighted by atomic mass is 10.3. The van der Waals surface area contributed by atoms with Crippen LogP contribution in [0.4, 0.5) is 4.39 Å². The highest BCUT2D eigenvalue weighted by atomic mass is 35.5. The van der Waals surface area contributed by atoms with E-state index in [4.69, 9.17) is 10.2 Å². The quantitative estimate of drug-likeness (QED) is 0.825. The van der Waals surface area contributed by atoms with Gasteiger partial charge in [-0.1, -0.05) is 6.92 Å². The molecule has 0 amide bonds. The van der Waals surface area contributed by atoms with Crippen molar-refractivity contribution >= 4 is 30.8 Å². The number of carbonyl (C=O) groups is 1. The number of rotatable bonds is 1. The second-order valence-corrected chi connectivity index (χ2v) is 2.51. The van der Waals surface area contributed by atoms with Gasteiger partial charge in [0.15, 0.2) is 0 Å². The van der Waals surface area contributed by atoms with Crippen molar-refractivity contribution < 1.29 is 19.4 Å². The van der Waals surface area contributed by atoms with Gasteiger partial charge in [-0.3, -0.25) is 9.78 Å². The monoisotopic (exact) mass is 273 g/mol. The van der Waals surface area contributed by atoms with Crippen molar-refractivity contribution in [2.75, 3.05) is 0 Å². The summed E-state index contributed by atoms with van der Waals surface area (Å²) in [6.07, 6.45) is 1.43. The van der Waals surface area contributed by atoms with Crippen LogP contribution in [-0.4, -0.2) is 21.2 Å². The zero-order chi connectivity index (χ0) is 11.1. The maximum atomic E-state index is 12.4. The summed E-state index contributed by atoms with van der Waals surface area (Å²) in [5, 5.41) is 16.4. The number of hydrogen-bond acceptors (Lipinski definition) is 3. The van der Waals surface area contributed by atoms with Crippen LogP contribution in [0.1, 0.15) is 19.0 Å². The number of carboxylic acids is 1. The Hall–Kier alpha value is -1.07. The third kappa shape index (κ3) is 9.48. The number of halogens is 3. The molecule has 0 saturated carbocycles. The molecule has 1 rings (SSSR count). The van der Waals surface area contributed by atoms with E-state index in [1.807, 2.05) is 0 Å². The van der Waals surface area contributed by atoms with Gasteiger partial charge in [0, 0.05) is 12.5 Å². The molecule has 0 spiro atoms. The summed E-state index contributed by atoms with van der Waals surface area (Å²) >= 11 is 0. The highest BCUT2D eigenvalue weighted by molar-refractivity contribution is 5.85. The minimum absolute atomic E-state index is 0. The van der Waals surface area contributed by atoms with Crippen LogP contribution < -0.4 is 0 Å². The number of aromatic nitrogens is 1. The average Bonchev–Trinajstić information content (AvgIpc) is 2.13. The van der Waals surface area contributed by atoms with Crippen LogP contribution in [0.15, 0.2) is 12.3 Å². The summed E-state index contributed by atoms with van der Waals surface area (Å²) in [5.74, 6) is -1.36. The van der Waals surface area contributed by atoms with E-state index in [9.17, 15) is 9.18 Å². The summed E-state index contributed by atoms with van der Waals surface area (Å²) in [7, 11) is 0. The predicted octanol–water partition coefficient (Wildman–Crippen LogP) is 2.56. The van der Waals surface area contributed by atoms with Crippen LogP contribution >= 0.6 is 24.8 Å². The topological polar surface area (TPSA) is 70.4 Å². The number of carboxylic acid groups (broad SMARTS) is 1. The maximum Gasteiger partial charge on any atom is 0.303 e. The number of aliphatic carboxylic acids is 1. The van der Waals surface area contributed by atoms with Gasteiger partial charge in [0.2, 0.25) is 0 Å². The first kappa shape index (κ1) is 20.4. The highest BCUT2D eigenvalue weighted by Crippen LogP contribution is 2.09. The molecule has 0 bridgehead atoms. The van der Waals surface area contributed by atoms with E-state index in [2.05, 4.69) is 4.98 Å². The van der Waals surface area contributed by atoms with Gasteiger partial charge in [0.05, 0.1) is 11.9 Å². The van der Waals surface area contributed by atoms with Crippen molar-refractivity contribution in [2.24, 2.45) is 0 Å².